The molecule has 0 saturated heterocycles. The highest BCUT2D eigenvalue weighted by atomic mass is 35.5. The summed E-state index contributed by atoms with van der Waals surface area (Å²) in [5, 5.41) is 4.14. The van der Waals surface area contributed by atoms with Crippen molar-refractivity contribution in [3.05, 3.63) is 33.8 Å². The topological polar surface area (TPSA) is 29.1 Å². The third-order valence-electron chi connectivity index (χ3n) is 3.78. The summed E-state index contributed by atoms with van der Waals surface area (Å²) in [4.78, 5) is 12.2. The van der Waals surface area contributed by atoms with Gasteiger partial charge in [-0.1, -0.05) is 48.5 Å². The maximum Gasteiger partial charge on any atom is 0.223 e. The molecule has 1 amide bonds. The summed E-state index contributed by atoms with van der Waals surface area (Å²) in [6.45, 7) is 1.97. The van der Waals surface area contributed by atoms with E-state index in [0.29, 0.717) is 10.0 Å². The van der Waals surface area contributed by atoms with Crippen LogP contribution in [0.1, 0.15) is 50.6 Å². The van der Waals surface area contributed by atoms with Gasteiger partial charge in [0.1, 0.15) is 0 Å². The van der Waals surface area contributed by atoms with Crippen LogP contribution in [0.5, 0.6) is 0 Å². The first-order valence-corrected chi connectivity index (χ1v) is 7.59. The molecule has 0 unspecified atom stereocenters. The molecule has 1 saturated carbocycles. The van der Waals surface area contributed by atoms with Gasteiger partial charge in [-0.25, -0.2) is 0 Å². The third kappa shape index (κ3) is 3.87. The van der Waals surface area contributed by atoms with E-state index in [9.17, 15) is 4.79 Å². The summed E-state index contributed by atoms with van der Waals surface area (Å²) in [6.07, 6.45) is 5.62. The Hall–Kier alpha value is -0.730. The van der Waals surface area contributed by atoms with Crippen LogP contribution in [0, 0.1) is 5.92 Å². The van der Waals surface area contributed by atoms with E-state index in [4.69, 9.17) is 23.2 Å². The van der Waals surface area contributed by atoms with Gasteiger partial charge in [-0.05, 0) is 37.5 Å². The molecule has 0 spiro atoms. The second-order valence-electron chi connectivity index (χ2n) is 5.24. The van der Waals surface area contributed by atoms with Crippen LogP contribution in [0.4, 0.5) is 0 Å². The zero-order valence-electron chi connectivity index (χ0n) is 11.1. The second kappa shape index (κ2) is 6.62. The van der Waals surface area contributed by atoms with E-state index in [-0.39, 0.29) is 17.9 Å². The number of rotatable bonds is 3. The quantitative estimate of drug-likeness (QED) is 0.857. The van der Waals surface area contributed by atoms with E-state index in [2.05, 4.69) is 5.32 Å². The van der Waals surface area contributed by atoms with Crippen LogP contribution in [0.25, 0.3) is 0 Å². The monoisotopic (exact) mass is 299 g/mol. The van der Waals surface area contributed by atoms with Gasteiger partial charge in [0.2, 0.25) is 5.91 Å². The first kappa shape index (κ1) is 14.7. The lowest BCUT2D eigenvalue weighted by Gasteiger charge is -2.23. The lowest BCUT2D eigenvalue weighted by atomic mass is 9.88. The van der Waals surface area contributed by atoms with Crippen molar-refractivity contribution in [2.75, 3.05) is 0 Å². The Bertz CT molecular complexity index is 455. The maximum absolute atomic E-state index is 12.2. The van der Waals surface area contributed by atoms with E-state index in [1.54, 1.807) is 6.07 Å². The van der Waals surface area contributed by atoms with Crippen LogP contribution in [0.3, 0.4) is 0 Å². The number of halogens is 2. The third-order valence-corrected chi connectivity index (χ3v) is 4.52. The molecular formula is C15H19Cl2NO. The fourth-order valence-corrected chi connectivity index (χ4v) is 2.87. The fourth-order valence-electron chi connectivity index (χ4n) is 2.56. The lowest BCUT2D eigenvalue weighted by Crippen LogP contribution is -2.33. The molecule has 19 heavy (non-hydrogen) atoms. The predicted octanol–water partition coefficient (Wildman–Crippen LogP) is 4.75. The summed E-state index contributed by atoms with van der Waals surface area (Å²) < 4.78 is 0. The minimum absolute atomic E-state index is 0.0378. The van der Waals surface area contributed by atoms with Crippen LogP contribution < -0.4 is 5.32 Å². The molecule has 104 valence electrons. The van der Waals surface area contributed by atoms with Gasteiger partial charge in [-0.3, -0.25) is 4.79 Å². The molecule has 2 rings (SSSR count). The first-order chi connectivity index (χ1) is 9.08. The van der Waals surface area contributed by atoms with Gasteiger partial charge in [0.15, 0.2) is 0 Å². The van der Waals surface area contributed by atoms with Crippen molar-refractivity contribution in [3.8, 4) is 0 Å². The van der Waals surface area contributed by atoms with Crippen molar-refractivity contribution in [2.45, 2.75) is 45.1 Å². The highest BCUT2D eigenvalue weighted by Gasteiger charge is 2.22. The SMILES string of the molecule is C[C@@H](NC(=O)C1CCCCC1)c1ccc(Cl)c(Cl)c1. The molecule has 1 aromatic rings. The predicted molar refractivity (Wildman–Crippen MR) is 79.6 cm³/mol. The van der Waals surface area contributed by atoms with E-state index < -0.39 is 0 Å². The second-order valence-corrected chi connectivity index (χ2v) is 6.05. The average Bonchev–Trinajstić information content (AvgIpc) is 2.42. The van der Waals surface area contributed by atoms with Crippen molar-refractivity contribution in [2.24, 2.45) is 5.92 Å². The molecule has 2 nitrogen and oxygen atoms in total. The summed E-state index contributed by atoms with van der Waals surface area (Å²) in [5.74, 6) is 0.345. The molecule has 0 radical (unpaired) electrons. The minimum Gasteiger partial charge on any atom is -0.349 e. The fraction of sp³-hybridized carbons (Fsp3) is 0.533. The van der Waals surface area contributed by atoms with Crippen LogP contribution in [0.2, 0.25) is 10.0 Å². The number of carbonyl (C=O) groups is 1. The molecule has 4 heteroatoms. The molecule has 1 fully saturated rings. The largest absolute Gasteiger partial charge is 0.349 e. The molecule has 0 heterocycles. The molecule has 1 atom stereocenters. The lowest BCUT2D eigenvalue weighted by molar-refractivity contribution is -0.126. The molecule has 1 aliphatic rings. The molecule has 1 aliphatic carbocycles. The number of carbonyl (C=O) groups excluding carboxylic acids is 1. The Kier molecular flexibility index (Phi) is 5.12. The highest BCUT2D eigenvalue weighted by Crippen LogP contribution is 2.27. The van der Waals surface area contributed by atoms with Gasteiger partial charge in [0.25, 0.3) is 0 Å². The number of hydrogen-bond donors (Lipinski definition) is 1. The van der Waals surface area contributed by atoms with Gasteiger partial charge in [0, 0.05) is 5.92 Å². The van der Waals surface area contributed by atoms with Crippen LogP contribution in [-0.4, -0.2) is 5.91 Å². The van der Waals surface area contributed by atoms with E-state index in [1.165, 1.54) is 19.3 Å². The van der Waals surface area contributed by atoms with Crippen molar-refractivity contribution in [1.82, 2.24) is 5.32 Å². The van der Waals surface area contributed by atoms with Crippen LogP contribution in [-0.2, 0) is 4.79 Å². The summed E-state index contributed by atoms with van der Waals surface area (Å²) >= 11 is 11.9. The highest BCUT2D eigenvalue weighted by molar-refractivity contribution is 6.42. The van der Waals surface area contributed by atoms with E-state index in [1.807, 2.05) is 19.1 Å². The minimum atomic E-state index is -0.0378. The summed E-state index contributed by atoms with van der Waals surface area (Å²) in [6, 6.07) is 5.45. The van der Waals surface area contributed by atoms with Crippen LogP contribution >= 0.6 is 23.2 Å². The maximum atomic E-state index is 12.2. The molecule has 1 aromatic carbocycles. The van der Waals surface area contributed by atoms with Crippen molar-refractivity contribution >= 4 is 29.1 Å². The van der Waals surface area contributed by atoms with Gasteiger partial charge < -0.3 is 5.32 Å². The zero-order valence-corrected chi connectivity index (χ0v) is 12.6. The van der Waals surface area contributed by atoms with E-state index >= 15 is 0 Å². The van der Waals surface area contributed by atoms with E-state index in [0.717, 1.165) is 18.4 Å². The Morgan fingerprint density at radius 3 is 2.53 bits per heavy atom. The number of amides is 1. The Balaban J connectivity index is 1.97. The standard InChI is InChI=1S/C15H19Cl2NO/c1-10(12-7-8-13(16)14(17)9-12)18-15(19)11-5-3-2-4-6-11/h7-11H,2-6H2,1H3,(H,18,19)/t10-/m1/s1. The number of benzene rings is 1. The van der Waals surface area contributed by atoms with Gasteiger partial charge in [-0.2, -0.15) is 0 Å². The van der Waals surface area contributed by atoms with Crippen molar-refractivity contribution in [1.29, 1.82) is 0 Å². The Morgan fingerprint density at radius 2 is 1.89 bits per heavy atom. The number of nitrogens with one attached hydrogen (secondary N) is 1. The normalized spacial score (nSPS) is 18.1. The molecule has 0 aromatic heterocycles. The first-order valence-electron chi connectivity index (χ1n) is 6.83. The molecule has 1 N–H and O–H groups in total. The Morgan fingerprint density at radius 1 is 1.21 bits per heavy atom. The average molecular weight is 300 g/mol. The van der Waals surface area contributed by atoms with Crippen molar-refractivity contribution in [3.63, 3.8) is 0 Å². The Labute approximate surface area is 124 Å². The van der Waals surface area contributed by atoms with Crippen molar-refractivity contribution < 1.29 is 4.79 Å². The molecule has 0 bridgehead atoms. The molecular weight excluding hydrogens is 281 g/mol. The number of hydrogen-bond acceptors (Lipinski definition) is 1. The summed E-state index contributed by atoms with van der Waals surface area (Å²) in [7, 11) is 0. The molecule has 0 aliphatic heterocycles. The van der Waals surface area contributed by atoms with Gasteiger partial charge >= 0.3 is 0 Å². The van der Waals surface area contributed by atoms with Gasteiger partial charge in [-0.15, -0.1) is 0 Å². The summed E-state index contributed by atoms with van der Waals surface area (Å²) in [5.41, 5.74) is 0.985. The zero-order chi connectivity index (χ0) is 13.8. The van der Waals surface area contributed by atoms with Crippen LogP contribution in [0.15, 0.2) is 18.2 Å². The smallest absolute Gasteiger partial charge is 0.223 e. The van der Waals surface area contributed by atoms with Gasteiger partial charge in [0.05, 0.1) is 16.1 Å².